The minimum absolute atomic E-state index is 0. The molecule has 0 aliphatic carbocycles. The van der Waals surface area contributed by atoms with Crippen molar-refractivity contribution in [1.29, 1.82) is 0 Å². The van der Waals surface area contributed by atoms with Crippen molar-refractivity contribution in [2.24, 2.45) is 9.98 Å². The minimum atomic E-state index is -5.75. The Morgan fingerprint density at radius 1 is 0.537 bits per heavy atom. The molecule has 420 valence electrons. The number of rotatable bonds is 10. The van der Waals surface area contributed by atoms with Crippen molar-refractivity contribution in [3.05, 3.63) is 179 Å². The summed E-state index contributed by atoms with van der Waals surface area (Å²) >= 11 is 0. The Morgan fingerprint density at radius 3 is 1.24 bits per heavy atom. The van der Waals surface area contributed by atoms with E-state index in [2.05, 4.69) is 57.1 Å². The molecule has 2 aromatic heterocycles. The van der Waals surface area contributed by atoms with Crippen molar-refractivity contribution < 1.29 is 73.8 Å². The van der Waals surface area contributed by atoms with Gasteiger partial charge in [-0.3, -0.25) is 9.98 Å². The molecular formula is C55H52BF7N10O5PdS. The van der Waals surface area contributed by atoms with Crippen LogP contribution in [-0.2, 0) is 41.6 Å². The first-order chi connectivity index (χ1) is 37.3. The van der Waals surface area contributed by atoms with E-state index in [1.807, 2.05) is 77.9 Å². The molecule has 0 amide bonds. The Kier molecular flexibility index (Phi) is 18.6. The summed E-state index contributed by atoms with van der Waals surface area (Å²) in [5.41, 5.74) is 0.455. The van der Waals surface area contributed by atoms with Crippen LogP contribution in [0.15, 0.2) is 143 Å². The van der Waals surface area contributed by atoms with Crippen LogP contribution in [0.25, 0.3) is 33.9 Å². The number of aliphatic imine (C=N–C) groups is 2. The van der Waals surface area contributed by atoms with Gasteiger partial charge < -0.3 is 14.2 Å². The van der Waals surface area contributed by atoms with Crippen LogP contribution in [0.5, 0.6) is 5.75 Å². The quantitative estimate of drug-likeness (QED) is 0.0572. The van der Waals surface area contributed by atoms with Crippen molar-refractivity contribution in [2.45, 2.75) is 95.9 Å². The van der Waals surface area contributed by atoms with Crippen LogP contribution >= 0.6 is 0 Å². The number of halogens is 7. The van der Waals surface area contributed by atoms with Crippen molar-refractivity contribution in [3.8, 4) is 39.7 Å². The fourth-order valence-corrected chi connectivity index (χ4v) is 8.71. The molecule has 2 N–H and O–H groups in total. The van der Waals surface area contributed by atoms with E-state index < -0.39 is 57.8 Å². The third kappa shape index (κ3) is 14.4. The molecule has 2 unspecified atom stereocenters. The number of hydrogen-bond donors (Lipinski definition) is 2. The maximum absolute atomic E-state index is 14.1. The predicted molar refractivity (Wildman–Crippen MR) is 284 cm³/mol. The van der Waals surface area contributed by atoms with Crippen LogP contribution in [0.2, 0.25) is 0 Å². The van der Waals surface area contributed by atoms with E-state index >= 15 is 0 Å². The van der Waals surface area contributed by atoms with Crippen molar-refractivity contribution in [2.75, 3.05) is 0 Å². The summed E-state index contributed by atoms with van der Waals surface area (Å²) in [6.07, 6.45) is 2.06. The number of hydrogen-bond acceptors (Lipinski definition) is 13. The molecular weight excluding hydrogens is 1160 g/mol. The number of alkyl halides is 3. The van der Waals surface area contributed by atoms with Crippen LogP contribution in [-0.4, -0.2) is 82.9 Å². The molecule has 6 aromatic carbocycles. The van der Waals surface area contributed by atoms with Crippen molar-refractivity contribution >= 4 is 34.1 Å². The maximum atomic E-state index is 14.1. The van der Waals surface area contributed by atoms with Gasteiger partial charge in [0, 0.05) is 43.0 Å². The van der Waals surface area contributed by atoms with Gasteiger partial charge >= 0.3 is 22.7 Å². The molecule has 0 saturated heterocycles. The molecule has 2 atom stereocenters. The summed E-state index contributed by atoms with van der Waals surface area (Å²) < 4.78 is 119. The van der Waals surface area contributed by atoms with Gasteiger partial charge in [-0.1, -0.05) is 97.1 Å². The monoisotopic (exact) mass is 1210 g/mol. The summed E-state index contributed by atoms with van der Waals surface area (Å²) in [4.78, 5) is 12.1. The minimum Gasteiger partial charge on any atom is -0.423 e. The molecule has 0 saturated carbocycles. The zero-order valence-corrected chi connectivity index (χ0v) is 46.1. The average Bonchev–Trinajstić information content (AvgIpc) is 4.26. The largest absolute Gasteiger partial charge is 0.534 e. The number of tetrazole rings is 2. The van der Waals surface area contributed by atoms with Gasteiger partial charge in [0.1, 0.15) is 29.0 Å². The molecule has 0 bridgehead atoms. The van der Waals surface area contributed by atoms with Gasteiger partial charge in [-0.05, 0) is 142 Å². The van der Waals surface area contributed by atoms with Crippen LogP contribution in [0.3, 0.4) is 0 Å². The molecule has 4 heterocycles. The molecule has 0 spiro atoms. The molecule has 0 radical (unpaired) electrons. The van der Waals surface area contributed by atoms with E-state index in [1.54, 1.807) is 33.9 Å². The molecule has 15 nitrogen and oxygen atoms in total. The van der Waals surface area contributed by atoms with Crippen LogP contribution in [0.1, 0.15) is 102 Å². The Hall–Kier alpha value is -7.29. The number of nitrogens with zero attached hydrogens (tertiary/aromatic N) is 10. The SMILES string of the molecule is CC(C)(C)n1nnc(-c2ccc(-c3ccc(C4CCC(c5c(F)cccc5F)=N4)cc3)cc2)n1.CC(C)(C)n1nnc(-c2ccc(B(O)O)cc2)n1.O=S(=O)(Oc1ccc(C2CCC(c3c(F)cccc3F)=N2)cc1)C(F)(F)F.[Pd]. The summed E-state index contributed by atoms with van der Waals surface area (Å²) in [7, 11) is -7.21. The van der Waals surface area contributed by atoms with Gasteiger partial charge in [0.15, 0.2) is 0 Å². The summed E-state index contributed by atoms with van der Waals surface area (Å²) in [6, 6.07) is 34.7. The van der Waals surface area contributed by atoms with Gasteiger partial charge in [0.2, 0.25) is 11.6 Å². The summed E-state index contributed by atoms with van der Waals surface area (Å²) in [6.45, 7) is 12.1. The van der Waals surface area contributed by atoms with E-state index in [0.717, 1.165) is 58.5 Å². The molecule has 8 aromatic rings. The number of aromatic nitrogens is 8. The standard InChI is InChI=1S/C27H25F2N5.C17H12F5NO3S.C11H15BN4O2.Pd/c1-27(2,3)34-32-26(31-33-34)20-13-9-18(10-14-20)17-7-11-19(12-8-17)23-15-16-24(30-23)25-21(28)5-4-6-22(25)29;18-12-2-1-3-13(19)16(12)15-9-8-14(23-15)10-4-6-11(7-5-10)26-27(24,25)17(20,21)22;1-11(2,3)16-14-10(13-15-16)8-4-6-9(7-5-8)12(17)18;/h4-14,23H,15-16H2,1-3H3;1-7,14H,8-9H2;4-7,17-18H,1-3H3;. The van der Waals surface area contributed by atoms with Crippen molar-refractivity contribution in [3.63, 3.8) is 0 Å². The zero-order chi connectivity index (χ0) is 57.0. The first-order valence-corrected chi connectivity index (χ1v) is 26.1. The third-order valence-electron chi connectivity index (χ3n) is 12.5. The maximum Gasteiger partial charge on any atom is 0.534 e. The van der Waals surface area contributed by atoms with Crippen LogP contribution in [0, 0.1) is 23.3 Å². The summed E-state index contributed by atoms with van der Waals surface area (Å²) in [5, 5.41) is 43.1. The van der Waals surface area contributed by atoms with E-state index in [0.29, 0.717) is 47.6 Å². The van der Waals surface area contributed by atoms with E-state index in [4.69, 9.17) is 10.0 Å². The first-order valence-electron chi connectivity index (χ1n) is 24.7. The second-order valence-electron chi connectivity index (χ2n) is 20.3. The van der Waals surface area contributed by atoms with Gasteiger partial charge in [-0.2, -0.15) is 31.2 Å². The second-order valence-corrected chi connectivity index (χ2v) is 21.9. The molecule has 80 heavy (non-hydrogen) atoms. The Bertz CT molecular complexity index is 3570. The Morgan fingerprint density at radius 2 is 0.887 bits per heavy atom. The average molecular weight is 1220 g/mol. The topological polar surface area (TPSA) is 196 Å². The smallest absolute Gasteiger partial charge is 0.423 e. The van der Waals surface area contributed by atoms with Crippen LogP contribution in [0.4, 0.5) is 30.7 Å². The van der Waals surface area contributed by atoms with Gasteiger partial charge in [0.05, 0.1) is 34.3 Å². The molecule has 2 aliphatic rings. The first kappa shape index (κ1) is 60.3. The fourth-order valence-electron chi connectivity index (χ4n) is 8.25. The number of benzene rings is 6. The summed E-state index contributed by atoms with van der Waals surface area (Å²) in [5.74, 6) is -1.96. The Balaban J connectivity index is 0.000000181. The van der Waals surface area contributed by atoms with Gasteiger partial charge in [0.25, 0.3) is 0 Å². The van der Waals surface area contributed by atoms with E-state index in [9.17, 15) is 39.2 Å². The third-order valence-corrected chi connectivity index (χ3v) is 13.4. The van der Waals surface area contributed by atoms with Gasteiger partial charge in [-0.25, -0.2) is 17.6 Å². The van der Waals surface area contributed by atoms with Crippen LogP contribution < -0.4 is 9.65 Å². The van der Waals surface area contributed by atoms with Gasteiger partial charge in [-0.15, -0.1) is 20.4 Å². The second kappa shape index (κ2) is 24.6. The molecule has 25 heteroatoms. The molecule has 2 aliphatic heterocycles. The Labute approximate surface area is 470 Å². The normalized spacial score (nSPS) is 15.4. The fraction of sp³-hybridized carbons (Fsp3) is 0.273. The predicted octanol–water partition coefficient (Wildman–Crippen LogP) is 10.7. The van der Waals surface area contributed by atoms with E-state index in [-0.39, 0.29) is 54.4 Å². The van der Waals surface area contributed by atoms with Crippen molar-refractivity contribution in [1.82, 2.24) is 40.4 Å². The zero-order valence-electron chi connectivity index (χ0n) is 43.7. The van der Waals surface area contributed by atoms with E-state index in [1.165, 1.54) is 36.4 Å². The molecule has 0 fully saturated rings. The molecule has 10 rings (SSSR count).